The van der Waals surface area contributed by atoms with Crippen molar-refractivity contribution in [1.29, 1.82) is 0 Å². The van der Waals surface area contributed by atoms with Crippen LogP contribution in [0.3, 0.4) is 0 Å². The van der Waals surface area contributed by atoms with Crippen LogP contribution in [0.25, 0.3) is 0 Å². The van der Waals surface area contributed by atoms with Crippen LogP contribution in [0.2, 0.25) is 0 Å². The lowest BCUT2D eigenvalue weighted by molar-refractivity contribution is -0.126. The highest BCUT2D eigenvalue weighted by Crippen LogP contribution is 2.36. The Kier molecular flexibility index (Phi) is 6.22. The zero-order valence-electron chi connectivity index (χ0n) is 16.8. The van der Waals surface area contributed by atoms with Crippen LogP contribution >= 0.6 is 11.5 Å². The van der Waals surface area contributed by atoms with E-state index >= 15 is 0 Å². The molecule has 1 aliphatic carbocycles. The fourth-order valence-corrected chi connectivity index (χ4v) is 3.78. The molecule has 7 nitrogen and oxygen atoms in total. The average molecular weight is 441 g/mol. The lowest BCUT2D eigenvalue weighted by atomic mass is 10.0. The summed E-state index contributed by atoms with van der Waals surface area (Å²) in [6.45, 7) is 0.283. The quantitative estimate of drug-likeness (QED) is 0.581. The molecule has 9 heteroatoms. The van der Waals surface area contributed by atoms with Gasteiger partial charge in [0.2, 0.25) is 5.91 Å². The fraction of sp³-hybridized carbons (Fsp3) is 0.273. The normalized spacial score (nSPS) is 14.0. The molecule has 4 rings (SSSR count). The number of carbonyl (C=O) groups excluding carboxylic acids is 2. The zero-order chi connectivity index (χ0) is 21.8. The lowest BCUT2D eigenvalue weighted by Gasteiger charge is -2.31. The lowest BCUT2D eigenvalue weighted by Crippen LogP contribution is -2.45. The van der Waals surface area contributed by atoms with Gasteiger partial charge in [-0.25, -0.2) is 4.39 Å². The summed E-state index contributed by atoms with van der Waals surface area (Å²) in [5.41, 5.74) is 1.63. The van der Waals surface area contributed by atoms with E-state index in [9.17, 15) is 14.0 Å². The molecule has 31 heavy (non-hydrogen) atoms. The molecule has 0 spiro atoms. The van der Waals surface area contributed by atoms with E-state index in [1.807, 2.05) is 24.3 Å². The van der Waals surface area contributed by atoms with Crippen LogP contribution in [-0.2, 0) is 11.3 Å². The van der Waals surface area contributed by atoms with Gasteiger partial charge in [-0.2, -0.15) is 0 Å². The second-order valence-corrected chi connectivity index (χ2v) is 7.86. The zero-order valence-corrected chi connectivity index (χ0v) is 17.6. The Morgan fingerprint density at radius 2 is 1.90 bits per heavy atom. The Balaban J connectivity index is 1.60. The van der Waals surface area contributed by atoms with Crippen LogP contribution in [-0.4, -0.2) is 39.5 Å². The molecular formula is C22H21FN4O3S. The molecule has 1 N–H and O–H groups in total. The SMILES string of the molecule is COc1ccc(CNC(=O)C(c2ccc(F)cc2)N(C(=O)c2csnn2)C2CC2)cc1. The summed E-state index contributed by atoms with van der Waals surface area (Å²) in [6, 6.07) is 12.0. The number of nitrogens with one attached hydrogen (secondary N) is 1. The highest BCUT2D eigenvalue weighted by molar-refractivity contribution is 7.03. The van der Waals surface area contributed by atoms with Crippen LogP contribution < -0.4 is 10.1 Å². The molecular weight excluding hydrogens is 419 g/mol. The molecule has 1 aliphatic rings. The number of rotatable bonds is 8. The second-order valence-electron chi connectivity index (χ2n) is 7.25. The van der Waals surface area contributed by atoms with E-state index in [-0.39, 0.29) is 30.1 Å². The topological polar surface area (TPSA) is 84.4 Å². The molecule has 0 bridgehead atoms. The van der Waals surface area contributed by atoms with E-state index < -0.39 is 11.9 Å². The largest absolute Gasteiger partial charge is 0.497 e. The molecule has 1 atom stereocenters. The van der Waals surface area contributed by atoms with Crippen molar-refractivity contribution < 1.29 is 18.7 Å². The smallest absolute Gasteiger partial charge is 0.276 e. The van der Waals surface area contributed by atoms with Crippen LogP contribution in [0, 0.1) is 5.82 Å². The maximum Gasteiger partial charge on any atom is 0.276 e. The number of aromatic nitrogens is 2. The molecule has 0 aliphatic heterocycles. The Bertz CT molecular complexity index is 1040. The Morgan fingerprint density at radius 3 is 2.48 bits per heavy atom. The standard InChI is InChI=1S/C22H21FN4O3S/c1-30-18-10-2-14(3-11-18)12-24-21(28)20(15-4-6-16(23)7-5-15)27(17-8-9-17)22(29)19-13-31-26-25-19/h2-7,10-11,13,17,20H,8-9,12H2,1H3,(H,24,28). The second kappa shape index (κ2) is 9.22. The predicted molar refractivity (Wildman–Crippen MR) is 113 cm³/mol. The predicted octanol–water partition coefficient (Wildman–Crippen LogP) is 3.35. The Hall–Kier alpha value is -3.33. The number of nitrogens with zero attached hydrogens (tertiary/aromatic N) is 3. The third kappa shape index (κ3) is 4.88. The van der Waals surface area contributed by atoms with Crippen LogP contribution in [0.5, 0.6) is 5.75 Å². The van der Waals surface area contributed by atoms with Gasteiger partial charge in [0, 0.05) is 18.0 Å². The highest BCUT2D eigenvalue weighted by Gasteiger charge is 2.42. The van der Waals surface area contributed by atoms with Crippen LogP contribution in [0.1, 0.15) is 40.5 Å². The maximum atomic E-state index is 13.5. The van der Waals surface area contributed by atoms with Gasteiger partial charge in [0.25, 0.3) is 5.91 Å². The van der Waals surface area contributed by atoms with E-state index in [1.165, 1.54) is 24.3 Å². The van der Waals surface area contributed by atoms with Crippen molar-refractivity contribution in [3.63, 3.8) is 0 Å². The number of amides is 2. The number of carbonyl (C=O) groups is 2. The van der Waals surface area contributed by atoms with E-state index in [1.54, 1.807) is 17.4 Å². The average Bonchev–Trinajstić information content (AvgIpc) is 3.48. The van der Waals surface area contributed by atoms with Crippen LogP contribution in [0.4, 0.5) is 4.39 Å². The summed E-state index contributed by atoms with van der Waals surface area (Å²) in [5, 5.41) is 8.36. The molecule has 2 aromatic carbocycles. The molecule has 0 saturated heterocycles. The highest BCUT2D eigenvalue weighted by atomic mass is 32.1. The van der Waals surface area contributed by atoms with E-state index in [2.05, 4.69) is 14.9 Å². The first kappa shape index (κ1) is 20.9. The van der Waals surface area contributed by atoms with Gasteiger partial charge >= 0.3 is 0 Å². The first-order chi connectivity index (χ1) is 15.1. The molecule has 2 amide bonds. The van der Waals surface area contributed by atoms with Crippen LogP contribution in [0.15, 0.2) is 53.9 Å². The molecule has 0 radical (unpaired) electrons. The third-order valence-corrected chi connectivity index (χ3v) is 5.60. The van der Waals surface area contributed by atoms with Crippen molar-refractivity contribution in [3.8, 4) is 5.75 Å². The summed E-state index contributed by atoms with van der Waals surface area (Å²) in [5.74, 6) is -0.383. The molecule has 1 heterocycles. The minimum Gasteiger partial charge on any atom is -0.497 e. The van der Waals surface area contributed by atoms with Crippen molar-refractivity contribution in [2.75, 3.05) is 7.11 Å². The van der Waals surface area contributed by atoms with Crippen molar-refractivity contribution in [2.45, 2.75) is 31.5 Å². The van der Waals surface area contributed by atoms with Gasteiger partial charge in [-0.1, -0.05) is 28.8 Å². The van der Waals surface area contributed by atoms with E-state index in [0.717, 1.165) is 35.7 Å². The Labute approximate surface area is 183 Å². The minimum absolute atomic E-state index is 0.0732. The number of halogens is 1. The summed E-state index contributed by atoms with van der Waals surface area (Å²) < 4.78 is 22.5. The molecule has 1 fully saturated rings. The van der Waals surface area contributed by atoms with Crippen molar-refractivity contribution in [1.82, 2.24) is 19.8 Å². The molecule has 160 valence electrons. The van der Waals surface area contributed by atoms with Crippen molar-refractivity contribution >= 4 is 23.3 Å². The van der Waals surface area contributed by atoms with Gasteiger partial charge in [-0.15, -0.1) is 5.10 Å². The van der Waals surface area contributed by atoms with Gasteiger partial charge in [0.1, 0.15) is 17.6 Å². The first-order valence-corrected chi connectivity index (χ1v) is 10.7. The van der Waals surface area contributed by atoms with Gasteiger partial charge in [0.05, 0.1) is 7.11 Å². The fourth-order valence-electron chi connectivity index (χ4n) is 3.35. The minimum atomic E-state index is -0.902. The molecule has 3 aromatic rings. The maximum absolute atomic E-state index is 13.5. The first-order valence-electron chi connectivity index (χ1n) is 9.82. The summed E-state index contributed by atoms with van der Waals surface area (Å²) in [4.78, 5) is 28.0. The van der Waals surface area contributed by atoms with Gasteiger partial charge in [0.15, 0.2) is 5.69 Å². The summed E-state index contributed by atoms with van der Waals surface area (Å²) in [7, 11) is 1.59. The van der Waals surface area contributed by atoms with Gasteiger partial charge < -0.3 is 15.0 Å². The number of hydrogen-bond donors (Lipinski definition) is 1. The third-order valence-electron chi connectivity index (χ3n) is 5.09. The molecule has 1 unspecified atom stereocenters. The summed E-state index contributed by atoms with van der Waals surface area (Å²) in [6.07, 6.45) is 1.60. The number of ether oxygens (including phenoxy) is 1. The van der Waals surface area contributed by atoms with Crippen molar-refractivity contribution in [2.24, 2.45) is 0 Å². The van der Waals surface area contributed by atoms with E-state index in [4.69, 9.17) is 4.74 Å². The number of hydrogen-bond acceptors (Lipinski definition) is 6. The van der Waals surface area contributed by atoms with Crippen molar-refractivity contribution in [3.05, 3.63) is 76.5 Å². The van der Waals surface area contributed by atoms with Gasteiger partial charge in [-0.05, 0) is 59.8 Å². The monoisotopic (exact) mass is 440 g/mol. The molecule has 1 aromatic heterocycles. The summed E-state index contributed by atoms with van der Waals surface area (Å²) >= 11 is 1.08. The molecule has 1 saturated carbocycles. The number of benzene rings is 2. The van der Waals surface area contributed by atoms with Gasteiger partial charge in [-0.3, -0.25) is 9.59 Å². The number of methoxy groups -OCH3 is 1. The Morgan fingerprint density at radius 1 is 1.19 bits per heavy atom. The van der Waals surface area contributed by atoms with E-state index in [0.29, 0.717) is 5.56 Å².